The number of rotatable bonds is 5. The molecule has 0 aliphatic carbocycles. The van der Waals surface area contributed by atoms with Crippen LogP contribution in [0.3, 0.4) is 0 Å². The summed E-state index contributed by atoms with van der Waals surface area (Å²) in [5.74, 6) is 0.726. The normalized spacial score (nSPS) is 21.1. The van der Waals surface area contributed by atoms with Gasteiger partial charge in [-0.25, -0.2) is 4.79 Å². The van der Waals surface area contributed by atoms with E-state index in [4.69, 9.17) is 4.74 Å². The van der Waals surface area contributed by atoms with Crippen molar-refractivity contribution in [1.82, 2.24) is 9.88 Å². The number of carbonyl (C=O) groups excluding carboxylic acids is 1. The number of carbonyl (C=O) groups is 1. The maximum atomic E-state index is 13.3. The topological polar surface area (TPSA) is 42.4 Å². The highest BCUT2D eigenvalue weighted by molar-refractivity contribution is 8.76. The van der Waals surface area contributed by atoms with Gasteiger partial charge in [-0.2, -0.15) is 0 Å². The molecule has 1 aromatic heterocycles. The van der Waals surface area contributed by atoms with E-state index in [2.05, 4.69) is 60.4 Å². The van der Waals surface area contributed by atoms with Gasteiger partial charge in [-0.3, -0.25) is 9.88 Å². The zero-order valence-electron chi connectivity index (χ0n) is 16.7. The third kappa shape index (κ3) is 3.19. The summed E-state index contributed by atoms with van der Waals surface area (Å²) in [4.78, 5) is 20.4. The van der Waals surface area contributed by atoms with Crippen molar-refractivity contribution in [3.63, 3.8) is 0 Å². The minimum Gasteiger partial charge on any atom is -0.448 e. The van der Waals surface area contributed by atoms with Gasteiger partial charge >= 0.3 is 6.09 Å². The zero-order chi connectivity index (χ0) is 20.6. The van der Waals surface area contributed by atoms with Crippen LogP contribution < -0.4 is 0 Å². The number of amides is 1. The Morgan fingerprint density at radius 1 is 1.13 bits per heavy atom. The summed E-state index contributed by atoms with van der Waals surface area (Å²) in [6.45, 7) is 2.53. The molecule has 0 spiro atoms. The van der Waals surface area contributed by atoms with Crippen LogP contribution in [0.1, 0.15) is 35.2 Å². The number of nitrogens with zero attached hydrogens (tertiary/aromatic N) is 2. The van der Waals surface area contributed by atoms with Crippen LogP contribution in [0.15, 0.2) is 78.0 Å². The van der Waals surface area contributed by atoms with E-state index in [1.54, 1.807) is 27.8 Å². The van der Waals surface area contributed by atoms with Crippen LogP contribution in [0.4, 0.5) is 4.79 Å². The molecule has 2 bridgehead atoms. The van der Waals surface area contributed by atoms with Gasteiger partial charge in [-0.15, -0.1) is 0 Å². The Bertz CT molecular complexity index is 1060. The third-order valence-corrected chi connectivity index (χ3v) is 8.29. The number of ether oxygens (including phenoxy) is 1. The van der Waals surface area contributed by atoms with Crippen molar-refractivity contribution in [1.29, 1.82) is 0 Å². The predicted octanol–water partition coefficient (Wildman–Crippen LogP) is 5.84. The van der Waals surface area contributed by atoms with Gasteiger partial charge in [-0.05, 0) is 47.7 Å². The van der Waals surface area contributed by atoms with Crippen LogP contribution in [0.25, 0.3) is 0 Å². The molecule has 0 N–H and O–H groups in total. The lowest BCUT2D eigenvalue weighted by Crippen LogP contribution is -2.49. The molecule has 2 aliphatic rings. The Morgan fingerprint density at radius 2 is 1.93 bits per heavy atom. The van der Waals surface area contributed by atoms with Crippen molar-refractivity contribution in [3.8, 4) is 0 Å². The maximum Gasteiger partial charge on any atom is 0.411 e. The van der Waals surface area contributed by atoms with Crippen molar-refractivity contribution in [2.24, 2.45) is 0 Å². The molecule has 0 saturated carbocycles. The number of hydrogen-bond donors (Lipinski definition) is 0. The molecule has 2 unspecified atom stereocenters. The molecule has 0 radical (unpaired) electrons. The van der Waals surface area contributed by atoms with Crippen LogP contribution in [0.5, 0.6) is 0 Å². The minimum absolute atomic E-state index is 0.0195. The minimum atomic E-state index is -0.495. The van der Waals surface area contributed by atoms with Gasteiger partial charge < -0.3 is 4.74 Å². The first-order valence-corrected chi connectivity index (χ1v) is 12.3. The van der Waals surface area contributed by atoms with Gasteiger partial charge in [0, 0.05) is 23.0 Å². The van der Waals surface area contributed by atoms with Gasteiger partial charge in [0.15, 0.2) is 0 Å². The quantitative estimate of drug-likeness (QED) is 0.373. The first-order valence-electron chi connectivity index (χ1n) is 10.0. The van der Waals surface area contributed by atoms with Crippen LogP contribution in [-0.4, -0.2) is 28.3 Å². The van der Waals surface area contributed by atoms with E-state index >= 15 is 0 Å². The van der Waals surface area contributed by atoms with Crippen LogP contribution in [0.2, 0.25) is 0 Å². The fourth-order valence-electron chi connectivity index (χ4n) is 4.72. The van der Waals surface area contributed by atoms with Crippen molar-refractivity contribution in [3.05, 3.63) is 95.3 Å². The van der Waals surface area contributed by atoms with E-state index < -0.39 is 5.54 Å². The fourth-order valence-corrected chi connectivity index (χ4v) is 6.48. The Labute approximate surface area is 184 Å². The lowest BCUT2D eigenvalue weighted by atomic mass is 9.81. The van der Waals surface area contributed by atoms with Gasteiger partial charge in [-0.1, -0.05) is 70.1 Å². The fraction of sp³-hybridized carbons (Fsp3) is 0.250. The Morgan fingerprint density at radius 3 is 2.77 bits per heavy atom. The third-order valence-electron chi connectivity index (χ3n) is 5.97. The van der Waals surface area contributed by atoms with Crippen LogP contribution >= 0.6 is 21.6 Å². The highest BCUT2D eigenvalue weighted by Crippen LogP contribution is 2.55. The van der Waals surface area contributed by atoms with Gasteiger partial charge in [0.2, 0.25) is 0 Å². The first kappa shape index (κ1) is 19.5. The van der Waals surface area contributed by atoms with Crippen molar-refractivity contribution in [2.45, 2.75) is 29.8 Å². The van der Waals surface area contributed by atoms with E-state index in [9.17, 15) is 4.79 Å². The molecule has 2 atom stereocenters. The summed E-state index contributed by atoms with van der Waals surface area (Å²) in [7, 11) is 3.32. The van der Waals surface area contributed by atoms with Crippen molar-refractivity contribution in [2.75, 3.05) is 12.4 Å². The van der Waals surface area contributed by atoms with Crippen molar-refractivity contribution >= 4 is 27.7 Å². The molecule has 30 heavy (non-hydrogen) atoms. The molecule has 4 nitrogen and oxygen atoms in total. The smallest absolute Gasteiger partial charge is 0.411 e. The van der Waals surface area contributed by atoms with E-state index in [0.29, 0.717) is 6.61 Å². The summed E-state index contributed by atoms with van der Waals surface area (Å²) in [5.41, 5.74) is 4.46. The number of pyridine rings is 1. The number of benzene rings is 2. The van der Waals surface area contributed by atoms with E-state index in [1.807, 2.05) is 23.2 Å². The summed E-state index contributed by atoms with van der Waals surface area (Å²) in [6, 6.07) is 20.9. The van der Waals surface area contributed by atoms with Gasteiger partial charge in [0.05, 0.1) is 11.6 Å². The van der Waals surface area contributed by atoms with Gasteiger partial charge in [0.1, 0.15) is 6.61 Å². The average molecular weight is 435 g/mol. The second kappa shape index (κ2) is 8.00. The second-order valence-corrected chi connectivity index (χ2v) is 10.1. The summed E-state index contributed by atoms with van der Waals surface area (Å²) in [5, 5.41) is 0. The van der Waals surface area contributed by atoms with Gasteiger partial charge in [0.25, 0.3) is 0 Å². The lowest BCUT2D eigenvalue weighted by Gasteiger charge is -2.43. The SMILES string of the molecule is CC12c3ccccc3CC(c3ccccc31)N2C(=O)OCCSSc1cccnc1. The predicted molar refractivity (Wildman–Crippen MR) is 122 cm³/mol. The molecule has 3 aromatic rings. The summed E-state index contributed by atoms with van der Waals surface area (Å²) >= 11 is 0. The Balaban J connectivity index is 1.32. The largest absolute Gasteiger partial charge is 0.448 e. The zero-order valence-corrected chi connectivity index (χ0v) is 18.3. The monoisotopic (exact) mass is 434 g/mol. The van der Waals surface area contributed by atoms with Crippen LogP contribution in [0, 0.1) is 0 Å². The standard InChI is InChI=1S/C24H22N2O2S2/c1-24-20-10-4-2-7-17(20)15-22(19-9-3-5-11-21(19)24)26(24)23(27)28-13-14-29-30-18-8-6-12-25-16-18/h2-12,16,22H,13-15H2,1H3. The first-order chi connectivity index (χ1) is 14.7. The number of hydrogen-bond acceptors (Lipinski definition) is 5. The van der Waals surface area contributed by atoms with Crippen LogP contribution in [-0.2, 0) is 16.7 Å². The molecule has 2 aliphatic heterocycles. The Kier molecular flexibility index (Phi) is 5.21. The van der Waals surface area contributed by atoms with E-state index in [0.717, 1.165) is 17.1 Å². The molecule has 6 heteroatoms. The molecule has 5 rings (SSSR count). The summed E-state index contributed by atoms with van der Waals surface area (Å²) in [6.07, 6.45) is 4.19. The molecule has 0 saturated heterocycles. The van der Waals surface area contributed by atoms with Crippen molar-refractivity contribution < 1.29 is 9.53 Å². The lowest BCUT2D eigenvalue weighted by molar-refractivity contribution is 0.0534. The molecule has 2 aromatic carbocycles. The highest BCUT2D eigenvalue weighted by Gasteiger charge is 2.54. The number of aromatic nitrogens is 1. The molecule has 152 valence electrons. The molecule has 0 fully saturated rings. The Hall–Kier alpha value is -2.44. The van der Waals surface area contributed by atoms with E-state index in [-0.39, 0.29) is 12.1 Å². The average Bonchev–Trinajstić information content (AvgIpc) is 2.97. The molecular formula is C24H22N2O2S2. The highest BCUT2D eigenvalue weighted by atomic mass is 33.1. The summed E-state index contributed by atoms with van der Waals surface area (Å²) < 4.78 is 5.75. The van der Waals surface area contributed by atoms with E-state index in [1.165, 1.54) is 22.3 Å². The maximum absolute atomic E-state index is 13.3. The number of fused-ring (bicyclic) bond motifs is 7. The molecule has 1 amide bonds. The molecule has 3 heterocycles. The second-order valence-electron chi connectivity index (χ2n) is 7.61. The molecular weight excluding hydrogens is 412 g/mol.